The topological polar surface area (TPSA) is 29.4 Å². The highest BCUT2D eigenvalue weighted by atomic mass is 35.5. The van der Waals surface area contributed by atoms with Gasteiger partial charge < -0.3 is 0 Å². The average molecular weight is 492 g/mol. The second-order valence-corrected chi connectivity index (χ2v) is 11.6. The Hall–Kier alpha value is -3.71. The molecular formula is C31H23ClNOP. The molecule has 0 saturated carbocycles. The zero-order valence-corrected chi connectivity index (χ0v) is 20.6. The van der Waals surface area contributed by atoms with Crippen molar-refractivity contribution < 1.29 is 4.79 Å². The molecule has 170 valence electrons. The molecule has 0 bridgehead atoms. The highest BCUT2D eigenvalue weighted by Gasteiger charge is 2.28. The Kier molecular flexibility index (Phi) is 6.77. The van der Waals surface area contributed by atoms with Crippen LogP contribution in [-0.4, -0.2) is 5.78 Å². The fourth-order valence-corrected chi connectivity index (χ4v) is 7.96. The van der Waals surface area contributed by atoms with E-state index in [0.29, 0.717) is 21.8 Å². The fraction of sp³-hybridized carbons (Fsp3) is 0. The molecular weight excluding hydrogens is 469 g/mol. The molecule has 0 aliphatic heterocycles. The van der Waals surface area contributed by atoms with Gasteiger partial charge in [-0.15, -0.1) is 0 Å². The Morgan fingerprint density at radius 1 is 0.571 bits per heavy atom. The van der Waals surface area contributed by atoms with Crippen molar-refractivity contribution in [3.63, 3.8) is 0 Å². The van der Waals surface area contributed by atoms with Gasteiger partial charge in [0.25, 0.3) is 0 Å². The lowest BCUT2D eigenvalue weighted by atomic mass is 10.0. The molecule has 0 spiro atoms. The number of carbonyl (C=O) groups excluding carboxylic acids is 1. The van der Waals surface area contributed by atoms with E-state index in [-0.39, 0.29) is 5.78 Å². The lowest BCUT2D eigenvalue weighted by molar-refractivity contribution is 0.103. The van der Waals surface area contributed by atoms with Crippen molar-refractivity contribution in [1.82, 2.24) is 0 Å². The second kappa shape index (κ2) is 10.3. The van der Waals surface area contributed by atoms with Crippen LogP contribution in [0.3, 0.4) is 0 Å². The highest BCUT2D eigenvalue weighted by Crippen LogP contribution is 2.50. The normalized spacial score (nSPS) is 11.1. The van der Waals surface area contributed by atoms with Gasteiger partial charge in [-0.25, -0.2) is 0 Å². The standard InChI is InChI=1S/C31H23ClNOP/c32-25-21-22-30(29(23-25)31(34)24-13-5-1-6-14-24)33-35(26-15-7-2-8-16-26,27-17-9-3-10-18-27)28-19-11-4-12-20-28/h1-23H. The maximum Gasteiger partial charge on any atom is 0.195 e. The molecule has 0 aliphatic carbocycles. The van der Waals surface area contributed by atoms with E-state index in [1.807, 2.05) is 91.0 Å². The van der Waals surface area contributed by atoms with Crippen molar-refractivity contribution in [1.29, 1.82) is 0 Å². The minimum Gasteiger partial charge on any atom is -0.289 e. The van der Waals surface area contributed by atoms with Gasteiger partial charge in [0, 0.05) is 32.1 Å². The number of benzene rings is 5. The third-order valence-electron chi connectivity index (χ3n) is 5.89. The molecule has 5 aromatic carbocycles. The van der Waals surface area contributed by atoms with Crippen LogP contribution in [0, 0.1) is 0 Å². The van der Waals surface area contributed by atoms with E-state index in [1.165, 1.54) is 0 Å². The van der Waals surface area contributed by atoms with Crippen LogP contribution in [0.1, 0.15) is 15.9 Å². The van der Waals surface area contributed by atoms with E-state index < -0.39 is 7.05 Å². The summed E-state index contributed by atoms with van der Waals surface area (Å²) in [5, 5.41) is 3.85. The maximum absolute atomic E-state index is 13.6. The van der Waals surface area contributed by atoms with E-state index >= 15 is 0 Å². The quantitative estimate of drug-likeness (QED) is 0.180. The van der Waals surface area contributed by atoms with Gasteiger partial charge in [-0.2, -0.15) is 0 Å². The maximum atomic E-state index is 13.6. The van der Waals surface area contributed by atoms with Crippen LogP contribution in [0.4, 0.5) is 5.69 Å². The summed E-state index contributed by atoms with van der Waals surface area (Å²) in [7, 11) is -2.52. The van der Waals surface area contributed by atoms with Gasteiger partial charge in [0.2, 0.25) is 0 Å². The Morgan fingerprint density at radius 2 is 1.00 bits per heavy atom. The average Bonchev–Trinajstić information content (AvgIpc) is 2.94. The predicted molar refractivity (Wildman–Crippen MR) is 149 cm³/mol. The summed E-state index contributed by atoms with van der Waals surface area (Å²) < 4.78 is 5.52. The van der Waals surface area contributed by atoms with Crippen molar-refractivity contribution in [2.24, 2.45) is 4.74 Å². The summed E-state index contributed by atoms with van der Waals surface area (Å²) in [4.78, 5) is 13.6. The lowest BCUT2D eigenvalue weighted by Crippen LogP contribution is -2.25. The third kappa shape index (κ3) is 4.64. The van der Waals surface area contributed by atoms with Crippen LogP contribution >= 0.6 is 18.7 Å². The fourth-order valence-electron chi connectivity index (χ4n) is 4.24. The number of hydrogen-bond acceptors (Lipinski definition) is 2. The van der Waals surface area contributed by atoms with E-state index in [4.69, 9.17) is 16.3 Å². The molecule has 5 aromatic rings. The summed E-state index contributed by atoms with van der Waals surface area (Å²) in [6.07, 6.45) is 0. The summed E-state index contributed by atoms with van der Waals surface area (Å²) in [6.45, 7) is 0. The number of ketones is 1. The van der Waals surface area contributed by atoms with Gasteiger partial charge >= 0.3 is 0 Å². The first-order chi connectivity index (χ1) is 17.2. The molecule has 0 amide bonds. The van der Waals surface area contributed by atoms with Crippen LogP contribution in [0.5, 0.6) is 0 Å². The van der Waals surface area contributed by atoms with Crippen molar-refractivity contribution in [2.75, 3.05) is 0 Å². The van der Waals surface area contributed by atoms with Crippen LogP contribution in [0.15, 0.2) is 144 Å². The molecule has 0 aliphatic rings. The van der Waals surface area contributed by atoms with E-state index in [0.717, 1.165) is 15.9 Å². The van der Waals surface area contributed by atoms with Crippen molar-refractivity contribution in [3.05, 3.63) is 156 Å². The first kappa shape index (κ1) is 23.1. The van der Waals surface area contributed by atoms with E-state index in [2.05, 4.69) is 36.4 Å². The molecule has 0 atom stereocenters. The summed E-state index contributed by atoms with van der Waals surface area (Å²) in [5.41, 5.74) is 1.73. The zero-order valence-electron chi connectivity index (χ0n) is 19.0. The molecule has 4 heteroatoms. The summed E-state index contributed by atoms with van der Waals surface area (Å²) >= 11 is 6.39. The SMILES string of the molecule is O=C(c1ccccc1)c1cc(Cl)ccc1N=P(c1ccccc1)(c1ccccc1)c1ccccc1. The van der Waals surface area contributed by atoms with Gasteiger partial charge in [0.15, 0.2) is 5.78 Å². The molecule has 0 radical (unpaired) electrons. The van der Waals surface area contributed by atoms with E-state index in [9.17, 15) is 4.79 Å². The number of hydrogen-bond donors (Lipinski definition) is 0. The molecule has 5 rings (SSSR count). The van der Waals surface area contributed by atoms with Crippen LogP contribution in [0.25, 0.3) is 0 Å². The van der Waals surface area contributed by atoms with Crippen molar-refractivity contribution in [2.45, 2.75) is 0 Å². The minimum atomic E-state index is -2.52. The third-order valence-corrected chi connectivity index (χ3v) is 9.77. The van der Waals surface area contributed by atoms with Gasteiger partial charge in [-0.3, -0.25) is 9.54 Å². The highest BCUT2D eigenvalue weighted by molar-refractivity contribution is 7.87. The predicted octanol–water partition coefficient (Wildman–Crippen LogP) is 7.38. The number of nitrogens with zero attached hydrogens (tertiary/aromatic N) is 1. The lowest BCUT2D eigenvalue weighted by Gasteiger charge is -2.27. The van der Waals surface area contributed by atoms with Gasteiger partial charge in [0.05, 0.1) is 12.7 Å². The number of halogens is 1. The molecule has 0 fully saturated rings. The molecule has 0 N–H and O–H groups in total. The first-order valence-electron chi connectivity index (χ1n) is 11.4. The minimum absolute atomic E-state index is 0.0980. The van der Waals surface area contributed by atoms with Gasteiger partial charge in [-0.05, 0) is 18.2 Å². The molecule has 0 unspecified atom stereocenters. The van der Waals surface area contributed by atoms with Crippen LogP contribution < -0.4 is 15.9 Å². The molecule has 0 heterocycles. The van der Waals surface area contributed by atoms with Crippen LogP contribution in [0.2, 0.25) is 5.02 Å². The van der Waals surface area contributed by atoms with Crippen molar-refractivity contribution >= 4 is 46.0 Å². The molecule has 35 heavy (non-hydrogen) atoms. The van der Waals surface area contributed by atoms with Gasteiger partial charge in [-0.1, -0.05) is 133 Å². The monoisotopic (exact) mass is 491 g/mol. The second-order valence-electron chi connectivity index (χ2n) is 8.10. The Bertz CT molecular complexity index is 1400. The smallest absolute Gasteiger partial charge is 0.195 e. The Morgan fingerprint density at radius 3 is 1.46 bits per heavy atom. The first-order valence-corrected chi connectivity index (χ1v) is 13.5. The van der Waals surface area contributed by atoms with Gasteiger partial charge in [0.1, 0.15) is 0 Å². The Balaban J connectivity index is 1.87. The van der Waals surface area contributed by atoms with Crippen molar-refractivity contribution in [3.8, 4) is 0 Å². The zero-order chi connectivity index (χ0) is 24.1. The number of carbonyl (C=O) groups is 1. The molecule has 2 nitrogen and oxygen atoms in total. The van der Waals surface area contributed by atoms with Crippen LogP contribution in [-0.2, 0) is 0 Å². The number of rotatable bonds is 6. The summed E-state index contributed by atoms with van der Waals surface area (Å²) in [5.74, 6) is -0.0980. The summed E-state index contributed by atoms with van der Waals surface area (Å²) in [6, 6.07) is 45.8. The Labute approximate surface area is 210 Å². The largest absolute Gasteiger partial charge is 0.289 e. The van der Waals surface area contributed by atoms with E-state index in [1.54, 1.807) is 12.1 Å². The molecule has 0 saturated heterocycles. The molecule has 0 aromatic heterocycles.